The van der Waals surface area contributed by atoms with Crippen molar-refractivity contribution in [2.45, 2.75) is 0 Å². The van der Waals surface area contributed by atoms with E-state index < -0.39 is 15.9 Å². The van der Waals surface area contributed by atoms with Crippen molar-refractivity contribution in [2.24, 2.45) is 0 Å². The average molecular weight is 458 g/mol. The van der Waals surface area contributed by atoms with Crippen molar-refractivity contribution in [1.29, 1.82) is 0 Å². The maximum absolute atomic E-state index is 13.3. The predicted octanol–water partition coefficient (Wildman–Crippen LogP) is 3.76. The van der Waals surface area contributed by atoms with E-state index in [0.717, 1.165) is 11.1 Å². The molecule has 0 saturated heterocycles. The Bertz CT molecular complexity index is 1320. The Morgan fingerprint density at radius 2 is 1.71 bits per heavy atom. The standard InChI is InChI=1S/C20H16FN5O3S2/c1-31(28,29)25-15-8-6-14(7-9-15)22-20(27)18-23-19(17-3-2-12-30-17)26(24-18)16-10-4-13(21)5-11-16/h2-12,25H,1H3,(H,22,27). The number of thiophene rings is 1. The summed E-state index contributed by atoms with van der Waals surface area (Å²) in [6.45, 7) is 0. The van der Waals surface area contributed by atoms with E-state index in [4.69, 9.17) is 0 Å². The lowest BCUT2D eigenvalue weighted by Gasteiger charge is -2.06. The highest BCUT2D eigenvalue weighted by Crippen LogP contribution is 2.26. The molecule has 31 heavy (non-hydrogen) atoms. The Morgan fingerprint density at radius 1 is 1.03 bits per heavy atom. The number of nitrogens with zero attached hydrogens (tertiary/aromatic N) is 3. The van der Waals surface area contributed by atoms with Gasteiger partial charge in [-0.2, -0.15) is 0 Å². The van der Waals surface area contributed by atoms with E-state index in [1.807, 2.05) is 17.5 Å². The van der Waals surface area contributed by atoms with Gasteiger partial charge in [-0.3, -0.25) is 9.52 Å². The number of benzene rings is 2. The Kier molecular flexibility index (Phi) is 5.53. The number of carbonyl (C=O) groups is 1. The number of nitrogens with one attached hydrogen (secondary N) is 2. The maximum atomic E-state index is 13.3. The molecule has 0 spiro atoms. The van der Waals surface area contributed by atoms with E-state index in [2.05, 4.69) is 20.1 Å². The molecule has 0 unspecified atom stereocenters. The number of halogens is 1. The van der Waals surface area contributed by atoms with Crippen LogP contribution in [0.2, 0.25) is 0 Å². The van der Waals surface area contributed by atoms with Gasteiger partial charge in [-0.1, -0.05) is 6.07 Å². The molecular weight excluding hydrogens is 441 g/mol. The summed E-state index contributed by atoms with van der Waals surface area (Å²) in [5.74, 6) is -0.527. The number of carbonyl (C=O) groups excluding carboxylic acids is 1. The SMILES string of the molecule is CS(=O)(=O)Nc1ccc(NC(=O)c2nc(-c3cccs3)n(-c3ccc(F)cc3)n2)cc1. The molecule has 2 aromatic carbocycles. The van der Waals surface area contributed by atoms with Gasteiger partial charge in [0.25, 0.3) is 5.91 Å². The lowest BCUT2D eigenvalue weighted by molar-refractivity contribution is 0.101. The van der Waals surface area contributed by atoms with Crippen molar-refractivity contribution in [1.82, 2.24) is 14.8 Å². The summed E-state index contributed by atoms with van der Waals surface area (Å²) in [6, 6.07) is 15.6. The zero-order chi connectivity index (χ0) is 22.0. The van der Waals surface area contributed by atoms with Crippen LogP contribution < -0.4 is 10.0 Å². The van der Waals surface area contributed by atoms with Gasteiger partial charge in [0.05, 0.1) is 16.8 Å². The van der Waals surface area contributed by atoms with Gasteiger partial charge in [0.15, 0.2) is 5.82 Å². The molecule has 0 saturated carbocycles. The van der Waals surface area contributed by atoms with Gasteiger partial charge in [-0.05, 0) is 60.0 Å². The van der Waals surface area contributed by atoms with Gasteiger partial charge in [-0.25, -0.2) is 22.5 Å². The number of hydrogen-bond acceptors (Lipinski definition) is 6. The zero-order valence-electron chi connectivity index (χ0n) is 16.1. The van der Waals surface area contributed by atoms with Crippen LogP contribution >= 0.6 is 11.3 Å². The van der Waals surface area contributed by atoms with Gasteiger partial charge in [0.1, 0.15) is 5.82 Å². The molecule has 2 heterocycles. The quantitative estimate of drug-likeness (QED) is 0.459. The van der Waals surface area contributed by atoms with Crippen molar-refractivity contribution >= 4 is 38.6 Å². The molecule has 0 aliphatic rings. The fraction of sp³-hybridized carbons (Fsp3) is 0.0500. The molecule has 0 atom stereocenters. The Balaban J connectivity index is 1.61. The molecule has 0 bridgehead atoms. The van der Waals surface area contributed by atoms with Crippen LogP contribution in [0, 0.1) is 5.82 Å². The first-order valence-electron chi connectivity index (χ1n) is 8.94. The van der Waals surface area contributed by atoms with Crippen molar-refractivity contribution in [2.75, 3.05) is 16.3 Å². The fourth-order valence-corrected chi connectivity index (χ4v) is 4.02. The topological polar surface area (TPSA) is 106 Å². The molecule has 2 aromatic heterocycles. The van der Waals surface area contributed by atoms with Crippen LogP contribution in [0.15, 0.2) is 66.0 Å². The van der Waals surface area contributed by atoms with Crippen LogP contribution in [-0.2, 0) is 10.0 Å². The summed E-state index contributed by atoms with van der Waals surface area (Å²) in [5, 5.41) is 8.88. The second kappa shape index (κ2) is 8.28. The molecule has 11 heteroatoms. The molecule has 0 aliphatic heterocycles. The third kappa shape index (κ3) is 4.95. The van der Waals surface area contributed by atoms with Gasteiger partial charge in [0, 0.05) is 11.4 Å². The van der Waals surface area contributed by atoms with E-state index in [9.17, 15) is 17.6 Å². The Labute approximate surface area is 181 Å². The number of hydrogen-bond donors (Lipinski definition) is 2. The molecule has 8 nitrogen and oxygen atoms in total. The minimum Gasteiger partial charge on any atom is -0.319 e. The number of amides is 1. The summed E-state index contributed by atoms with van der Waals surface area (Å²) in [7, 11) is -3.39. The highest BCUT2D eigenvalue weighted by atomic mass is 32.2. The van der Waals surface area contributed by atoms with Crippen molar-refractivity contribution < 1.29 is 17.6 Å². The molecule has 4 aromatic rings. The normalized spacial score (nSPS) is 11.3. The van der Waals surface area contributed by atoms with Crippen LogP contribution in [0.3, 0.4) is 0 Å². The van der Waals surface area contributed by atoms with E-state index in [1.165, 1.54) is 40.3 Å². The van der Waals surface area contributed by atoms with Crippen molar-refractivity contribution in [3.63, 3.8) is 0 Å². The van der Waals surface area contributed by atoms with Gasteiger partial charge in [-0.15, -0.1) is 16.4 Å². The fourth-order valence-electron chi connectivity index (χ4n) is 2.76. The minimum absolute atomic E-state index is 0.0638. The van der Waals surface area contributed by atoms with Crippen LogP contribution in [0.1, 0.15) is 10.6 Å². The monoisotopic (exact) mass is 457 g/mol. The van der Waals surface area contributed by atoms with E-state index in [-0.39, 0.29) is 11.6 Å². The number of aromatic nitrogens is 3. The Morgan fingerprint density at radius 3 is 2.32 bits per heavy atom. The van der Waals surface area contributed by atoms with Gasteiger partial charge >= 0.3 is 0 Å². The first-order chi connectivity index (χ1) is 14.8. The summed E-state index contributed by atoms with van der Waals surface area (Å²) < 4.78 is 39.8. The molecule has 158 valence electrons. The number of rotatable bonds is 6. The van der Waals surface area contributed by atoms with Gasteiger partial charge < -0.3 is 5.32 Å². The lowest BCUT2D eigenvalue weighted by atomic mass is 10.3. The van der Waals surface area contributed by atoms with Gasteiger partial charge in [0.2, 0.25) is 15.8 Å². The summed E-state index contributed by atoms with van der Waals surface area (Å²) >= 11 is 1.44. The highest BCUT2D eigenvalue weighted by molar-refractivity contribution is 7.92. The van der Waals surface area contributed by atoms with Crippen LogP contribution in [0.4, 0.5) is 15.8 Å². The van der Waals surface area contributed by atoms with E-state index in [0.29, 0.717) is 22.9 Å². The van der Waals surface area contributed by atoms with E-state index in [1.54, 1.807) is 24.3 Å². The second-order valence-corrected chi connectivity index (χ2v) is 9.23. The smallest absolute Gasteiger partial charge is 0.295 e. The molecule has 0 radical (unpaired) electrons. The third-order valence-corrected chi connectivity index (χ3v) is 5.54. The molecule has 0 aliphatic carbocycles. The number of sulfonamides is 1. The third-order valence-electron chi connectivity index (χ3n) is 4.07. The predicted molar refractivity (Wildman–Crippen MR) is 117 cm³/mol. The van der Waals surface area contributed by atoms with Crippen LogP contribution in [0.5, 0.6) is 0 Å². The first-order valence-corrected chi connectivity index (χ1v) is 11.7. The largest absolute Gasteiger partial charge is 0.319 e. The van der Waals surface area contributed by atoms with Crippen molar-refractivity contribution in [3.05, 3.63) is 77.7 Å². The maximum Gasteiger partial charge on any atom is 0.295 e. The van der Waals surface area contributed by atoms with Crippen molar-refractivity contribution in [3.8, 4) is 16.4 Å². The summed E-state index contributed by atoms with van der Waals surface area (Å²) in [5.41, 5.74) is 1.38. The highest BCUT2D eigenvalue weighted by Gasteiger charge is 2.19. The lowest BCUT2D eigenvalue weighted by Crippen LogP contribution is -2.14. The van der Waals surface area contributed by atoms with Crippen LogP contribution in [0.25, 0.3) is 16.4 Å². The second-order valence-electron chi connectivity index (χ2n) is 6.53. The zero-order valence-corrected chi connectivity index (χ0v) is 17.7. The minimum atomic E-state index is -3.39. The molecule has 0 fully saturated rings. The first kappa shape index (κ1) is 20.7. The molecule has 4 rings (SSSR count). The average Bonchev–Trinajstić information content (AvgIpc) is 3.38. The summed E-state index contributed by atoms with van der Waals surface area (Å²) in [6.07, 6.45) is 1.05. The molecule has 2 N–H and O–H groups in total. The molecular formula is C20H16FN5O3S2. The summed E-state index contributed by atoms with van der Waals surface area (Å²) in [4.78, 5) is 17.9. The molecule has 1 amide bonds. The van der Waals surface area contributed by atoms with Crippen LogP contribution in [-0.4, -0.2) is 35.3 Å². The Hall–Kier alpha value is -3.57. The number of anilines is 2. The van der Waals surface area contributed by atoms with E-state index >= 15 is 0 Å².